The van der Waals surface area contributed by atoms with Crippen LogP contribution in [0.4, 0.5) is 0 Å². The van der Waals surface area contributed by atoms with E-state index in [0.717, 1.165) is 0 Å². The van der Waals surface area contributed by atoms with E-state index in [9.17, 15) is 4.79 Å². The molecule has 0 aliphatic rings. The van der Waals surface area contributed by atoms with E-state index in [1.807, 2.05) is 0 Å². The average molecular weight is 242 g/mol. The second kappa shape index (κ2) is 5.93. The zero-order chi connectivity index (χ0) is 4.28. The van der Waals surface area contributed by atoms with E-state index in [4.69, 9.17) is 0 Å². The van der Waals surface area contributed by atoms with Gasteiger partial charge in [0.25, 0.3) is 0 Å². The molecule has 0 aromatic carbocycles. The van der Waals surface area contributed by atoms with Gasteiger partial charge in [0.05, 0.1) is 0 Å². The van der Waals surface area contributed by atoms with E-state index in [2.05, 4.69) is 6.58 Å². The van der Waals surface area contributed by atoms with E-state index in [1.165, 1.54) is 0 Å². The number of hydrogen-bond acceptors (Lipinski definition) is 1. The summed E-state index contributed by atoms with van der Waals surface area (Å²) in [5, 5.41) is 0. The summed E-state index contributed by atoms with van der Waals surface area (Å²) in [4.78, 5) is 9.28. The third-order valence-corrected chi connectivity index (χ3v) is 0.174. The number of hydrogen-bond donors (Lipinski definition) is 0. The van der Waals surface area contributed by atoms with Gasteiger partial charge in [0.2, 0.25) is 0 Å². The molecule has 0 aromatic heterocycles. The first kappa shape index (κ1) is 10.0. The quantitative estimate of drug-likeness (QED) is 0.488. The second-order valence-electron chi connectivity index (χ2n) is 0.882. The molecule has 0 atom stereocenters. The monoisotopic (exact) mass is 243 g/mol. The van der Waals surface area contributed by atoms with Crippen molar-refractivity contribution in [1.82, 2.24) is 0 Å². The fraction of sp³-hybridized carbons (Fsp3) is 0.250. The Hall–Kier alpha value is 0.929. The Balaban J connectivity index is 0. The Morgan fingerprint density at radius 1 is 1.83 bits per heavy atom. The van der Waals surface area contributed by atoms with Crippen molar-refractivity contribution in [3.8, 4) is 0 Å². The van der Waals surface area contributed by atoms with Gasteiger partial charge < -0.3 is 4.79 Å². The molecule has 0 radical (unpaired) electrons. The van der Waals surface area contributed by atoms with Gasteiger partial charge in [-0.25, -0.2) is 6.58 Å². The molecule has 0 amide bonds. The Morgan fingerprint density at radius 2 is 2.00 bits per heavy atom. The maximum absolute atomic E-state index is 9.28. The molecule has 0 saturated carbocycles. The number of allylic oxidation sites excluding steroid dienone is 1. The standard InChI is InChI=1S/C4H5O.Yb/c1-4(2)3-5;/h1H2,2H3;/q-1;. The molecule has 1 nitrogen and oxygen atoms in total. The van der Waals surface area contributed by atoms with Gasteiger partial charge in [0.1, 0.15) is 0 Å². The van der Waals surface area contributed by atoms with Crippen LogP contribution >= 0.6 is 0 Å². The molecule has 6 heavy (non-hydrogen) atoms. The van der Waals surface area contributed by atoms with Gasteiger partial charge in [-0.3, -0.25) is 0 Å². The third-order valence-electron chi connectivity index (χ3n) is 0.174. The van der Waals surface area contributed by atoms with Gasteiger partial charge in [0, 0.05) is 46.9 Å². The molecule has 0 saturated heterocycles. The number of carbonyl (C=O) groups excluding carboxylic acids is 1. The molecule has 2 heteroatoms. The summed E-state index contributed by atoms with van der Waals surface area (Å²) < 4.78 is 0. The van der Waals surface area contributed by atoms with Crippen LogP contribution in [0.1, 0.15) is 6.92 Å². The van der Waals surface area contributed by atoms with Crippen LogP contribution in [0, 0.1) is 46.9 Å². The largest absolute Gasteiger partial charge is 0.419 e. The molecule has 0 aliphatic heterocycles. The predicted octanol–water partition coefficient (Wildman–Crippen LogP) is 0.672. The van der Waals surface area contributed by atoms with Crippen molar-refractivity contribution in [3.63, 3.8) is 0 Å². The van der Waals surface area contributed by atoms with Crippen LogP contribution < -0.4 is 0 Å². The minimum atomic E-state index is 0. The van der Waals surface area contributed by atoms with Crippen molar-refractivity contribution in [3.05, 3.63) is 12.2 Å². The fourth-order valence-corrected chi connectivity index (χ4v) is 0. The summed E-state index contributed by atoms with van der Waals surface area (Å²) in [5.74, 6) is 0. The number of rotatable bonds is 1. The van der Waals surface area contributed by atoms with Gasteiger partial charge in [-0.15, -0.1) is 0 Å². The summed E-state index contributed by atoms with van der Waals surface area (Å²) in [7, 11) is 0. The molecule has 0 bridgehead atoms. The fourth-order valence-electron chi connectivity index (χ4n) is 0. The summed E-state index contributed by atoms with van der Waals surface area (Å²) >= 11 is 0. The molecule has 0 unspecified atom stereocenters. The van der Waals surface area contributed by atoms with Crippen LogP contribution in [0.15, 0.2) is 12.2 Å². The molecule has 0 heterocycles. The van der Waals surface area contributed by atoms with Gasteiger partial charge in [-0.2, -0.15) is 5.57 Å². The van der Waals surface area contributed by atoms with Crippen LogP contribution in [-0.2, 0) is 4.79 Å². The Kier molecular flexibility index (Phi) is 9.91. The molecular formula is C4H5OYb-. The van der Waals surface area contributed by atoms with E-state index in [1.54, 1.807) is 13.2 Å². The smallest absolute Gasteiger partial charge is 0 e. The average Bonchev–Trinajstić information content (AvgIpc) is 1.38. The Bertz CT molecular complexity index is 58.6. The Labute approximate surface area is 76.0 Å². The third kappa shape index (κ3) is 8.87. The van der Waals surface area contributed by atoms with Gasteiger partial charge in [-0.1, -0.05) is 6.92 Å². The molecule has 0 N–H and O–H groups in total. The molecule has 0 fully saturated rings. The molecule has 0 aliphatic carbocycles. The van der Waals surface area contributed by atoms with E-state index >= 15 is 0 Å². The maximum atomic E-state index is 9.28. The van der Waals surface area contributed by atoms with Crippen LogP contribution in [0.2, 0.25) is 0 Å². The normalized spacial score (nSPS) is 5.50. The van der Waals surface area contributed by atoms with Crippen molar-refractivity contribution in [2.24, 2.45) is 0 Å². The first-order valence-corrected chi connectivity index (χ1v) is 1.31. The summed E-state index contributed by atoms with van der Waals surface area (Å²) in [6.45, 7) is 4.85. The van der Waals surface area contributed by atoms with Crippen LogP contribution in [0.25, 0.3) is 0 Å². The molecular weight excluding hydrogens is 237 g/mol. The van der Waals surface area contributed by atoms with E-state index < -0.39 is 0 Å². The topological polar surface area (TPSA) is 17.1 Å². The van der Waals surface area contributed by atoms with Gasteiger partial charge in [0.15, 0.2) is 0 Å². The van der Waals surface area contributed by atoms with Crippen molar-refractivity contribution in [1.29, 1.82) is 0 Å². The van der Waals surface area contributed by atoms with E-state index in [-0.39, 0.29) is 46.9 Å². The summed E-state index contributed by atoms with van der Waals surface area (Å²) in [5.41, 5.74) is 0.449. The van der Waals surface area contributed by atoms with Crippen LogP contribution in [0.5, 0.6) is 0 Å². The van der Waals surface area contributed by atoms with Crippen molar-refractivity contribution < 1.29 is 51.7 Å². The van der Waals surface area contributed by atoms with Gasteiger partial charge >= 0.3 is 0 Å². The summed E-state index contributed by atoms with van der Waals surface area (Å²) in [6, 6.07) is 0. The maximum Gasteiger partial charge on any atom is 0 e. The van der Waals surface area contributed by atoms with Gasteiger partial charge in [-0.05, 0) is 6.29 Å². The minimum absolute atomic E-state index is 0. The SMILES string of the molecule is C=C(C)[C-]=O.[Yb]. The van der Waals surface area contributed by atoms with Crippen molar-refractivity contribution in [2.45, 2.75) is 6.92 Å². The molecule has 0 aromatic rings. The van der Waals surface area contributed by atoms with E-state index in [0.29, 0.717) is 5.57 Å². The van der Waals surface area contributed by atoms with Crippen molar-refractivity contribution in [2.75, 3.05) is 0 Å². The second-order valence-corrected chi connectivity index (χ2v) is 0.882. The summed E-state index contributed by atoms with van der Waals surface area (Å²) in [6.07, 6.45) is 1.58. The molecule has 0 rings (SSSR count). The van der Waals surface area contributed by atoms with Crippen molar-refractivity contribution >= 4 is 6.29 Å². The molecule has 42 valence electrons. The Morgan fingerprint density at radius 3 is 2.00 bits per heavy atom. The first-order valence-electron chi connectivity index (χ1n) is 1.31. The molecule has 0 spiro atoms. The predicted molar refractivity (Wildman–Crippen MR) is 20.5 cm³/mol. The van der Waals surface area contributed by atoms with Crippen LogP contribution in [-0.4, -0.2) is 6.29 Å². The first-order chi connectivity index (χ1) is 2.27. The zero-order valence-electron chi connectivity index (χ0n) is 3.38. The zero-order valence-corrected chi connectivity index (χ0v) is 5.10. The van der Waals surface area contributed by atoms with Crippen LogP contribution in [0.3, 0.4) is 0 Å². The minimum Gasteiger partial charge on any atom is -0.419 e.